The molecule has 0 radical (unpaired) electrons. The van der Waals surface area contributed by atoms with E-state index >= 15 is 0 Å². The van der Waals surface area contributed by atoms with Crippen LogP contribution in [0.5, 0.6) is 0 Å². The van der Waals surface area contributed by atoms with Gasteiger partial charge >= 0.3 is 5.97 Å². The third-order valence-electron chi connectivity index (χ3n) is 4.36. The molecule has 7 nitrogen and oxygen atoms in total. The van der Waals surface area contributed by atoms with Crippen molar-refractivity contribution in [2.24, 2.45) is 0 Å². The number of hydrogen-bond acceptors (Lipinski definition) is 6. The van der Waals surface area contributed by atoms with Gasteiger partial charge in [0.1, 0.15) is 17.6 Å². The summed E-state index contributed by atoms with van der Waals surface area (Å²) in [5, 5.41) is 8.89. The minimum absolute atomic E-state index is 0.200. The molecule has 3 rings (SSSR count). The fourth-order valence-electron chi connectivity index (χ4n) is 2.95. The van der Waals surface area contributed by atoms with Gasteiger partial charge in [0, 0.05) is 37.5 Å². The minimum atomic E-state index is -1.29. The zero-order valence-electron chi connectivity index (χ0n) is 14.5. The summed E-state index contributed by atoms with van der Waals surface area (Å²) in [6, 6.07) is 8.82. The van der Waals surface area contributed by atoms with Crippen LogP contribution in [0.3, 0.4) is 0 Å². The van der Waals surface area contributed by atoms with E-state index in [4.69, 9.17) is 19.0 Å². The molecule has 2 aromatic rings. The van der Waals surface area contributed by atoms with Crippen LogP contribution in [-0.2, 0) is 9.47 Å². The first kappa shape index (κ1) is 18.2. The van der Waals surface area contributed by atoms with Crippen LogP contribution in [0.1, 0.15) is 16.8 Å². The molecular weight excluding hydrogens is 338 g/mol. The van der Waals surface area contributed by atoms with Crippen LogP contribution in [0.4, 0.5) is 5.69 Å². The Bertz CT molecular complexity index is 814. The molecule has 7 heteroatoms. The fourth-order valence-corrected chi connectivity index (χ4v) is 2.95. The molecule has 1 atom stereocenters. The lowest BCUT2D eigenvalue weighted by molar-refractivity contribution is 0.0280. The van der Waals surface area contributed by atoms with Crippen molar-refractivity contribution in [1.29, 1.82) is 0 Å². The number of carbonyl (C=O) groups is 1. The Morgan fingerprint density at radius 1 is 1.31 bits per heavy atom. The Balaban J connectivity index is 1.67. The van der Waals surface area contributed by atoms with Crippen LogP contribution in [0.15, 0.2) is 45.8 Å². The molecule has 0 amide bonds. The largest absolute Gasteiger partial charge is 0.477 e. The molecule has 0 aliphatic carbocycles. The molecule has 1 aliphatic rings. The second-order valence-electron chi connectivity index (χ2n) is 6.09. The highest BCUT2D eigenvalue weighted by atomic mass is 16.5. The van der Waals surface area contributed by atoms with Crippen LogP contribution in [0, 0.1) is 0 Å². The molecule has 1 saturated heterocycles. The Hall–Kier alpha value is -2.64. The predicted molar refractivity (Wildman–Crippen MR) is 95.8 cm³/mol. The van der Waals surface area contributed by atoms with Crippen molar-refractivity contribution >= 4 is 11.7 Å². The number of methoxy groups -OCH3 is 1. The first-order valence-corrected chi connectivity index (χ1v) is 8.40. The van der Waals surface area contributed by atoms with E-state index in [1.807, 2.05) is 24.3 Å². The molecule has 1 aromatic heterocycles. The molecule has 1 N–H and O–H groups in total. The van der Waals surface area contributed by atoms with Crippen LogP contribution in [0.2, 0.25) is 0 Å². The number of hydrogen-bond donors (Lipinski definition) is 1. The normalized spacial score (nSPS) is 16.8. The Labute approximate surface area is 150 Å². The summed E-state index contributed by atoms with van der Waals surface area (Å²) in [5.41, 5.74) is 0.839. The zero-order valence-corrected chi connectivity index (χ0v) is 14.5. The highest BCUT2D eigenvalue weighted by Gasteiger charge is 2.23. The van der Waals surface area contributed by atoms with Gasteiger partial charge in [-0.2, -0.15) is 0 Å². The molecule has 1 fully saturated rings. The van der Waals surface area contributed by atoms with Crippen molar-refractivity contribution in [3.8, 4) is 11.3 Å². The van der Waals surface area contributed by atoms with E-state index < -0.39 is 11.4 Å². The quantitative estimate of drug-likeness (QED) is 0.758. The van der Waals surface area contributed by atoms with E-state index in [-0.39, 0.29) is 11.7 Å². The topological polar surface area (TPSA) is 89.2 Å². The molecule has 1 aliphatic heterocycles. The number of carboxylic acid groups (broad SMARTS) is 1. The molecular formula is C19H21NO6. The second kappa shape index (κ2) is 8.16. The van der Waals surface area contributed by atoms with Crippen molar-refractivity contribution in [1.82, 2.24) is 0 Å². The summed E-state index contributed by atoms with van der Waals surface area (Å²) in [6.45, 7) is 2.93. The highest BCUT2D eigenvalue weighted by Crippen LogP contribution is 2.26. The molecule has 26 heavy (non-hydrogen) atoms. The van der Waals surface area contributed by atoms with E-state index in [1.54, 1.807) is 7.11 Å². The number of nitrogens with zero attached hydrogens (tertiary/aromatic N) is 1. The fraction of sp³-hybridized carbons (Fsp3) is 0.368. The van der Waals surface area contributed by atoms with Gasteiger partial charge in [0.15, 0.2) is 5.43 Å². The molecule has 2 heterocycles. The maximum Gasteiger partial charge on any atom is 0.342 e. The maximum atomic E-state index is 11.8. The van der Waals surface area contributed by atoms with Crippen molar-refractivity contribution in [3.63, 3.8) is 0 Å². The summed E-state index contributed by atoms with van der Waals surface area (Å²) in [6.07, 6.45) is 2.15. The Kier molecular flexibility index (Phi) is 5.70. The van der Waals surface area contributed by atoms with Crippen molar-refractivity contribution < 1.29 is 23.8 Å². The van der Waals surface area contributed by atoms with Crippen molar-refractivity contribution in [3.05, 3.63) is 52.4 Å². The molecule has 1 aromatic carbocycles. The molecule has 0 saturated carbocycles. The number of anilines is 1. The number of benzene rings is 1. The second-order valence-corrected chi connectivity index (χ2v) is 6.09. The van der Waals surface area contributed by atoms with Crippen molar-refractivity contribution in [2.45, 2.75) is 12.5 Å². The summed E-state index contributed by atoms with van der Waals surface area (Å²) in [7, 11) is 1.66. The third kappa shape index (κ3) is 4.12. The average Bonchev–Trinajstić information content (AvgIpc) is 3.10. The lowest BCUT2D eigenvalue weighted by Gasteiger charge is -2.19. The van der Waals surface area contributed by atoms with Gasteiger partial charge in [-0.15, -0.1) is 0 Å². The molecule has 0 spiro atoms. The van der Waals surface area contributed by atoms with Gasteiger partial charge < -0.3 is 23.9 Å². The Morgan fingerprint density at radius 3 is 2.73 bits per heavy atom. The van der Waals surface area contributed by atoms with Crippen molar-refractivity contribution in [2.75, 3.05) is 38.3 Å². The van der Waals surface area contributed by atoms with Crippen LogP contribution in [0.25, 0.3) is 11.3 Å². The average molecular weight is 359 g/mol. The van der Waals surface area contributed by atoms with Gasteiger partial charge in [0.2, 0.25) is 0 Å². The smallest absolute Gasteiger partial charge is 0.342 e. The first-order chi connectivity index (χ1) is 12.6. The number of ether oxygens (including phenoxy) is 2. The van der Waals surface area contributed by atoms with Crippen LogP contribution in [-0.4, -0.2) is 50.6 Å². The molecule has 138 valence electrons. The number of aromatic carboxylic acids is 1. The monoisotopic (exact) mass is 359 g/mol. The lowest BCUT2D eigenvalue weighted by Crippen LogP contribution is -2.23. The Morgan fingerprint density at radius 2 is 2.08 bits per heavy atom. The van der Waals surface area contributed by atoms with Gasteiger partial charge in [-0.3, -0.25) is 4.79 Å². The van der Waals surface area contributed by atoms with E-state index in [1.165, 1.54) is 6.07 Å². The van der Waals surface area contributed by atoms with Gasteiger partial charge in [0.25, 0.3) is 0 Å². The zero-order chi connectivity index (χ0) is 18.5. The third-order valence-corrected chi connectivity index (χ3v) is 4.36. The molecule has 0 unspecified atom stereocenters. The number of carboxylic acids is 1. The minimum Gasteiger partial charge on any atom is -0.477 e. The van der Waals surface area contributed by atoms with Gasteiger partial charge in [-0.1, -0.05) is 0 Å². The summed E-state index contributed by atoms with van der Waals surface area (Å²) < 4.78 is 16.1. The first-order valence-electron chi connectivity index (χ1n) is 8.40. The van der Waals surface area contributed by atoms with Gasteiger partial charge in [-0.25, -0.2) is 4.79 Å². The van der Waals surface area contributed by atoms with Crippen LogP contribution >= 0.6 is 0 Å². The predicted octanol–water partition coefficient (Wildman–Crippen LogP) is 2.25. The van der Waals surface area contributed by atoms with Crippen LogP contribution < -0.4 is 10.3 Å². The van der Waals surface area contributed by atoms with E-state index in [0.717, 1.165) is 37.0 Å². The number of rotatable bonds is 7. The SMILES string of the molecule is COCCO[C@@H]1CCN(c2ccc(-c3cc(=O)c(C(=O)O)co3)cc2)C1. The summed E-state index contributed by atoms with van der Waals surface area (Å²) in [5.74, 6) is -0.953. The molecule has 0 bridgehead atoms. The van der Waals surface area contributed by atoms with Gasteiger partial charge in [0.05, 0.1) is 19.3 Å². The highest BCUT2D eigenvalue weighted by molar-refractivity contribution is 5.87. The van der Waals surface area contributed by atoms with E-state index in [0.29, 0.717) is 19.0 Å². The maximum absolute atomic E-state index is 11.8. The lowest BCUT2D eigenvalue weighted by atomic mass is 10.1. The standard InChI is InChI=1S/C19H21NO6/c1-24-8-9-25-15-6-7-20(11-15)14-4-2-13(3-5-14)18-10-17(21)16(12-26-18)19(22)23/h2-5,10,12,15H,6-9,11H2,1H3,(H,22,23)/t15-/m1/s1. The van der Waals surface area contributed by atoms with Gasteiger partial charge in [-0.05, 0) is 30.7 Å². The van der Waals surface area contributed by atoms with E-state index in [9.17, 15) is 9.59 Å². The van der Waals surface area contributed by atoms with E-state index in [2.05, 4.69) is 4.90 Å². The summed E-state index contributed by atoms with van der Waals surface area (Å²) >= 11 is 0. The summed E-state index contributed by atoms with van der Waals surface area (Å²) in [4.78, 5) is 24.9.